The lowest BCUT2D eigenvalue weighted by Gasteiger charge is -2.18. The predicted octanol–water partition coefficient (Wildman–Crippen LogP) is 3.17. The maximum atomic E-state index is 12.2. The highest BCUT2D eigenvalue weighted by Gasteiger charge is 2.13. The van der Waals surface area contributed by atoms with Gasteiger partial charge in [-0.1, -0.05) is 31.2 Å². The second-order valence-electron chi connectivity index (χ2n) is 6.81. The van der Waals surface area contributed by atoms with Crippen molar-refractivity contribution >= 4 is 6.03 Å². The van der Waals surface area contributed by atoms with Gasteiger partial charge in [-0.2, -0.15) is 0 Å². The molecule has 0 aliphatic carbocycles. The lowest BCUT2D eigenvalue weighted by atomic mass is 10.1. The summed E-state index contributed by atoms with van der Waals surface area (Å²) in [6, 6.07) is 8.41. The molecule has 1 aliphatic rings. The number of carbonyl (C=O) groups excluding carboxylic acids is 1. The van der Waals surface area contributed by atoms with E-state index in [9.17, 15) is 4.79 Å². The Hall–Kier alpha value is -2.30. The van der Waals surface area contributed by atoms with Crippen molar-refractivity contribution in [2.75, 3.05) is 13.6 Å². The van der Waals surface area contributed by atoms with Crippen molar-refractivity contribution < 1.29 is 4.79 Å². The maximum Gasteiger partial charge on any atom is 0.317 e. The van der Waals surface area contributed by atoms with Crippen molar-refractivity contribution in [2.24, 2.45) is 0 Å². The molecular weight excluding hydrogens is 312 g/mol. The van der Waals surface area contributed by atoms with Gasteiger partial charge in [0.15, 0.2) is 0 Å². The second kappa shape index (κ2) is 8.19. The van der Waals surface area contributed by atoms with Crippen molar-refractivity contribution in [3.8, 4) is 0 Å². The van der Waals surface area contributed by atoms with E-state index in [4.69, 9.17) is 0 Å². The van der Waals surface area contributed by atoms with Crippen molar-refractivity contribution in [3.05, 3.63) is 53.1 Å². The van der Waals surface area contributed by atoms with Crippen LogP contribution in [0.25, 0.3) is 0 Å². The van der Waals surface area contributed by atoms with E-state index in [0.717, 1.165) is 37.1 Å². The highest BCUT2D eigenvalue weighted by Crippen LogP contribution is 2.14. The maximum absolute atomic E-state index is 12.2. The average molecular weight is 340 g/mol. The fourth-order valence-corrected chi connectivity index (χ4v) is 3.25. The zero-order valence-electron chi connectivity index (χ0n) is 15.3. The number of amides is 2. The first-order valence-corrected chi connectivity index (χ1v) is 9.27. The van der Waals surface area contributed by atoms with Gasteiger partial charge in [-0.15, -0.1) is 0 Å². The van der Waals surface area contributed by atoms with Gasteiger partial charge in [0.1, 0.15) is 5.82 Å². The molecule has 134 valence electrons. The van der Waals surface area contributed by atoms with Crippen LogP contribution in [0.5, 0.6) is 0 Å². The van der Waals surface area contributed by atoms with E-state index in [1.54, 1.807) is 4.90 Å². The van der Waals surface area contributed by atoms with Crippen LogP contribution >= 0.6 is 0 Å². The fourth-order valence-electron chi connectivity index (χ4n) is 3.25. The number of rotatable bonds is 6. The molecule has 2 aromatic rings. The molecule has 0 fully saturated rings. The summed E-state index contributed by atoms with van der Waals surface area (Å²) in [5, 5.41) is 2.99. The van der Waals surface area contributed by atoms with E-state index in [1.165, 1.54) is 24.2 Å². The van der Waals surface area contributed by atoms with Gasteiger partial charge in [0, 0.05) is 45.7 Å². The molecule has 0 bridgehead atoms. The molecule has 1 aromatic carbocycles. The van der Waals surface area contributed by atoms with Gasteiger partial charge in [0.2, 0.25) is 0 Å². The number of benzene rings is 1. The van der Waals surface area contributed by atoms with Crippen LogP contribution in [0.1, 0.15) is 42.4 Å². The summed E-state index contributed by atoms with van der Waals surface area (Å²) in [5.74, 6) is 1.19. The van der Waals surface area contributed by atoms with Gasteiger partial charge in [-0.3, -0.25) is 0 Å². The number of hydrogen-bond acceptors (Lipinski definition) is 2. The standard InChI is InChI=1S/C20H28N4O/c1-3-16-7-9-17(10-8-16)14-23(2)20(25)21-12-11-18-15-24-13-5-4-6-19(24)22-18/h7-10,15H,3-6,11-14H2,1-2H3,(H,21,25). The summed E-state index contributed by atoms with van der Waals surface area (Å²) in [7, 11) is 1.83. The average Bonchev–Trinajstić information content (AvgIpc) is 3.05. The summed E-state index contributed by atoms with van der Waals surface area (Å²) in [6.07, 6.45) is 7.51. The normalized spacial score (nSPS) is 13.4. The van der Waals surface area contributed by atoms with Gasteiger partial charge in [-0.05, 0) is 30.4 Å². The highest BCUT2D eigenvalue weighted by molar-refractivity contribution is 5.73. The van der Waals surface area contributed by atoms with Crippen LogP contribution < -0.4 is 5.32 Å². The van der Waals surface area contributed by atoms with Crippen molar-refractivity contribution in [3.63, 3.8) is 0 Å². The van der Waals surface area contributed by atoms with E-state index in [0.29, 0.717) is 13.1 Å². The van der Waals surface area contributed by atoms with E-state index in [1.807, 2.05) is 7.05 Å². The molecule has 2 amide bonds. The van der Waals surface area contributed by atoms with E-state index >= 15 is 0 Å². The molecule has 25 heavy (non-hydrogen) atoms. The quantitative estimate of drug-likeness (QED) is 0.878. The number of imidazole rings is 1. The fraction of sp³-hybridized carbons (Fsp3) is 0.500. The number of urea groups is 1. The van der Waals surface area contributed by atoms with Gasteiger partial charge < -0.3 is 14.8 Å². The molecule has 0 atom stereocenters. The zero-order valence-corrected chi connectivity index (χ0v) is 15.3. The molecule has 0 spiro atoms. The number of hydrogen-bond donors (Lipinski definition) is 1. The molecule has 0 radical (unpaired) electrons. The highest BCUT2D eigenvalue weighted by atomic mass is 16.2. The predicted molar refractivity (Wildman–Crippen MR) is 99.6 cm³/mol. The summed E-state index contributed by atoms with van der Waals surface area (Å²) in [6.45, 7) is 4.46. The summed E-state index contributed by atoms with van der Waals surface area (Å²) in [4.78, 5) is 18.6. The third-order valence-corrected chi connectivity index (χ3v) is 4.81. The van der Waals surface area contributed by atoms with E-state index in [-0.39, 0.29) is 6.03 Å². The molecule has 5 heteroatoms. The summed E-state index contributed by atoms with van der Waals surface area (Å²) in [5.41, 5.74) is 3.55. The number of fused-ring (bicyclic) bond motifs is 1. The van der Waals surface area contributed by atoms with Gasteiger partial charge in [-0.25, -0.2) is 9.78 Å². The van der Waals surface area contributed by atoms with E-state index < -0.39 is 0 Å². The Morgan fingerprint density at radius 2 is 2.00 bits per heavy atom. The first-order valence-electron chi connectivity index (χ1n) is 9.27. The molecular formula is C20H28N4O. The van der Waals surface area contributed by atoms with Crippen molar-refractivity contribution in [2.45, 2.75) is 52.1 Å². The number of nitrogens with zero attached hydrogens (tertiary/aromatic N) is 3. The van der Waals surface area contributed by atoms with Crippen LogP contribution in [-0.4, -0.2) is 34.1 Å². The molecule has 1 aliphatic heterocycles. The Bertz CT molecular complexity index is 681. The van der Waals surface area contributed by atoms with Crippen molar-refractivity contribution in [1.82, 2.24) is 19.8 Å². The first kappa shape index (κ1) is 17.5. The molecule has 0 saturated carbocycles. The van der Waals surface area contributed by atoms with Crippen LogP contribution in [0.2, 0.25) is 0 Å². The minimum Gasteiger partial charge on any atom is -0.338 e. The number of aromatic nitrogens is 2. The van der Waals surface area contributed by atoms with Crippen LogP contribution in [0.3, 0.4) is 0 Å². The molecule has 0 saturated heterocycles. The number of carbonyl (C=O) groups is 1. The molecule has 5 nitrogen and oxygen atoms in total. The SMILES string of the molecule is CCc1ccc(CN(C)C(=O)NCCc2cn3c(n2)CCCC3)cc1. The van der Waals surface area contributed by atoms with Crippen molar-refractivity contribution in [1.29, 1.82) is 0 Å². The van der Waals surface area contributed by atoms with Gasteiger partial charge in [0.05, 0.1) is 5.69 Å². The Morgan fingerprint density at radius 3 is 2.72 bits per heavy atom. The third-order valence-electron chi connectivity index (χ3n) is 4.81. The molecule has 1 aromatic heterocycles. The molecule has 0 unspecified atom stereocenters. The molecule has 2 heterocycles. The topological polar surface area (TPSA) is 50.2 Å². The van der Waals surface area contributed by atoms with Gasteiger partial charge in [0.25, 0.3) is 0 Å². The Kier molecular flexibility index (Phi) is 5.74. The van der Waals surface area contributed by atoms with Gasteiger partial charge >= 0.3 is 6.03 Å². The Morgan fingerprint density at radius 1 is 1.24 bits per heavy atom. The monoisotopic (exact) mass is 340 g/mol. The number of nitrogens with one attached hydrogen (secondary N) is 1. The Balaban J connectivity index is 1.44. The zero-order chi connectivity index (χ0) is 17.6. The summed E-state index contributed by atoms with van der Waals surface area (Å²) < 4.78 is 2.26. The van der Waals surface area contributed by atoms with Crippen LogP contribution in [-0.2, 0) is 32.4 Å². The lowest BCUT2D eigenvalue weighted by molar-refractivity contribution is 0.207. The first-order chi connectivity index (χ1) is 12.2. The molecule has 3 rings (SSSR count). The molecule has 1 N–H and O–H groups in total. The summed E-state index contributed by atoms with van der Waals surface area (Å²) >= 11 is 0. The minimum absolute atomic E-state index is 0.0384. The second-order valence-corrected chi connectivity index (χ2v) is 6.81. The minimum atomic E-state index is -0.0384. The van der Waals surface area contributed by atoms with E-state index in [2.05, 4.69) is 52.3 Å². The van der Waals surface area contributed by atoms with Crippen LogP contribution in [0.15, 0.2) is 30.5 Å². The van der Waals surface area contributed by atoms with Crippen LogP contribution in [0, 0.1) is 0 Å². The number of aryl methyl sites for hydroxylation is 3. The van der Waals surface area contributed by atoms with Crippen LogP contribution in [0.4, 0.5) is 4.79 Å². The Labute approximate surface area is 150 Å². The largest absolute Gasteiger partial charge is 0.338 e. The smallest absolute Gasteiger partial charge is 0.317 e. The lowest BCUT2D eigenvalue weighted by Crippen LogP contribution is -2.37. The third kappa shape index (κ3) is 4.62.